The van der Waals surface area contributed by atoms with Crippen LogP contribution in [0.15, 0.2) is 46.9 Å². The van der Waals surface area contributed by atoms with Crippen molar-refractivity contribution in [2.75, 3.05) is 7.11 Å². The van der Waals surface area contributed by atoms with Crippen LogP contribution in [0.3, 0.4) is 0 Å². The van der Waals surface area contributed by atoms with Crippen molar-refractivity contribution in [3.63, 3.8) is 0 Å². The summed E-state index contributed by atoms with van der Waals surface area (Å²) in [4.78, 5) is 15.3. The molecular weight excluding hydrogens is 296 g/mol. The van der Waals surface area contributed by atoms with E-state index in [2.05, 4.69) is 4.98 Å². The number of nitrogens with two attached hydrogens (primary N) is 1. The molecule has 0 aliphatic rings. The van der Waals surface area contributed by atoms with Gasteiger partial charge in [0.2, 0.25) is 5.89 Å². The predicted molar refractivity (Wildman–Crippen MR) is 85.3 cm³/mol. The highest BCUT2D eigenvalue weighted by Crippen LogP contribution is 2.31. The van der Waals surface area contributed by atoms with Gasteiger partial charge in [0.05, 0.1) is 12.7 Å². The molecule has 0 aliphatic carbocycles. The Morgan fingerprint density at radius 3 is 2.87 bits per heavy atom. The molecule has 6 heteroatoms. The number of nitrogens with zero attached hydrogens (tertiary/aromatic N) is 1. The molecule has 6 nitrogen and oxygen atoms in total. The van der Waals surface area contributed by atoms with Gasteiger partial charge in [0.15, 0.2) is 5.58 Å². The molecule has 1 aromatic heterocycles. The fraction of sp³-hybridized carbons (Fsp3) is 0.176. The van der Waals surface area contributed by atoms with Crippen LogP contribution < -0.4 is 10.5 Å². The van der Waals surface area contributed by atoms with Crippen molar-refractivity contribution in [2.45, 2.75) is 12.5 Å². The first-order valence-electron chi connectivity index (χ1n) is 7.09. The number of aromatic nitrogens is 1. The molecule has 3 aromatic rings. The summed E-state index contributed by atoms with van der Waals surface area (Å²) in [6, 6.07) is 11.9. The number of aliphatic carboxylic acids is 1. The molecule has 118 valence electrons. The number of benzene rings is 2. The maximum atomic E-state index is 10.9. The number of carboxylic acid groups (broad SMARTS) is 1. The fourth-order valence-corrected chi connectivity index (χ4v) is 2.38. The van der Waals surface area contributed by atoms with Crippen LogP contribution in [0.5, 0.6) is 5.75 Å². The summed E-state index contributed by atoms with van der Waals surface area (Å²) in [6.45, 7) is 0. The zero-order valence-corrected chi connectivity index (χ0v) is 12.5. The number of hydrogen-bond donors (Lipinski definition) is 2. The van der Waals surface area contributed by atoms with Gasteiger partial charge in [-0.1, -0.05) is 18.2 Å². The molecule has 0 spiro atoms. The number of carboxylic acids is 1. The highest BCUT2D eigenvalue weighted by molar-refractivity contribution is 5.79. The van der Waals surface area contributed by atoms with Crippen molar-refractivity contribution < 1.29 is 19.1 Å². The molecular formula is C17H16N2O4. The SMILES string of the molecule is COc1ccccc1-c1nc2cc(C[C@H](N)C(=O)O)ccc2o1. The average molecular weight is 312 g/mol. The summed E-state index contributed by atoms with van der Waals surface area (Å²) in [5.74, 6) is 0.101. The van der Waals surface area contributed by atoms with Crippen molar-refractivity contribution >= 4 is 17.1 Å². The van der Waals surface area contributed by atoms with Crippen molar-refractivity contribution in [3.8, 4) is 17.2 Å². The van der Waals surface area contributed by atoms with Gasteiger partial charge >= 0.3 is 5.97 Å². The normalized spacial score (nSPS) is 12.3. The first-order chi connectivity index (χ1) is 11.1. The number of rotatable bonds is 5. The maximum Gasteiger partial charge on any atom is 0.320 e. The standard InChI is InChI=1S/C17H16N2O4/c1-22-14-5-3-2-4-11(14)16-19-13-9-10(6-7-15(13)23-16)8-12(18)17(20)21/h2-7,9,12H,8,18H2,1H3,(H,20,21)/t12-/m0/s1. The number of hydrogen-bond acceptors (Lipinski definition) is 5. The third kappa shape index (κ3) is 3.02. The van der Waals surface area contributed by atoms with Crippen molar-refractivity contribution in [1.29, 1.82) is 0 Å². The van der Waals surface area contributed by atoms with Crippen LogP contribution >= 0.6 is 0 Å². The van der Waals surface area contributed by atoms with Crippen LogP contribution in [-0.4, -0.2) is 29.2 Å². The second-order valence-corrected chi connectivity index (χ2v) is 5.17. The van der Waals surface area contributed by atoms with E-state index in [9.17, 15) is 4.79 Å². The molecule has 0 saturated heterocycles. The van der Waals surface area contributed by atoms with Crippen LogP contribution in [0.2, 0.25) is 0 Å². The minimum atomic E-state index is -1.03. The molecule has 23 heavy (non-hydrogen) atoms. The average Bonchev–Trinajstić information content (AvgIpc) is 2.97. The molecule has 0 fully saturated rings. The monoisotopic (exact) mass is 312 g/mol. The highest BCUT2D eigenvalue weighted by Gasteiger charge is 2.15. The van der Waals surface area contributed by atoms with E-state index in [1.54, 1.807) is 25.3 Å². The van der Waals surface area contributed by atoms with Crippen LogP contribution in [-0.2, 0) is 11.2 Å². The van der Waals surface area contributed by atoms with E-state index in [0.29, 0.717) is 22.7 Å². The number of fused-ring (bicyclic) bond motifs is 1. The molecule has 0 saturated carbocycles. The summed E-state index contributed by atoms with van der Waals surface area (Å²) in [5, 5.41) is 8.89. The van der Waals surface area contributed by atoms with E-state index in [1.165, 1.54) is 0 Å². The Kier molecular flexibility index (Phi) is 3.99. The van der Waals surface area contributed by atoms with E-state index in [-0.39, 0.29) is 6.42 Å². The lowest BCUT2D eigenvalue weighted by atomic mass is 10.1. The fourth-order valence-electron chi connectivity index (χ4n) is 2.38. The lowest BCUT2D eigenvalue weighted by Crippen LogP contribution is -2.32. The van der Waals surface area contributed by atoms with Crippen molar-refractivity contribution in [3.05, 3.63) is 48.0 Å². The zero-order chi connectivity index (χ0) is 16.4. The van der Waals surface area contributed by atoms with Crippen LogP contribution in [0, 0.1) is 0 Å². The van der Waals surface area contributed by atoms with E-state index in [4.69, 9.17) is 20.0 Å². The minimum absolute atomic E-state index is 0.238. The molecule has 3 rings (SSSR count). The van der Waals surface area contributed by atoms with Crippen LogP contribution in [0.25, 0.3) is 22.6 Å². The first-order valence-corrected chi connectivity index (χ1v) is 7.09. The van der Waals surface area contributed by atoms with E-state index < -0.39 is 12.0 Å². The topological polar surface area (TPSA) is 98.6 Å². The summed E-state index contributed by atoms with van der Waals surface area (Å²) in [5.41, 5.74) is 8.40. The number of oxazole rings is 1. The maximum absolute atomic E-state index is 10.9. The van der Waals surface area contributed by atoms with E-state index >= 15 is 0 Å². The van der Waals surface area contributed by atoms with Gasteiger partial charge in [0.1, 0.15) is 17.3 Å². The molecule has 3 N–H and O–H groups in total. The smallest absolute Gasteiger partial charge is 0.320 e. The molecule has 0 bridgehead atoms. The molecule has 0 aliphatic heterocycles. The number of para-hydroxylation sites is 1. The van der Waals surface area contributed by atoms with Crippen molar-refractivity contribution in [2.24, 2.45) is 5.73 Å². The summed E-state index contributed by atoms with van der Waals surface area (Å²) in [7, 11) is 1.59. The van der Waals surface area contributed by atoms with E-state index in [0.717, 1.165) is 11.1 Å². The highest BCUT2D eigenvalue weighted by atomic mass is 16.5. The summed E-state index contributed by atoms with van der Waals surface area (Å²) in [6.07, 6.45) is 0.238. The van der Waals surface area contributed by atoms with Gasteiger partial charge in [-0.2, -0.15) is 0 Å². The summed E-state index contributed by atoms with van der Waals surface area (Å²) < 4.78 is 11.1. The Labute approximate surface area is 132 Å². The lowest BCUT2D eigenvalue weighted by molar-refractivity contribution is -0.138. The molecule has 1 heterocycles. The van der Waals surface area contributed by atoms with Gasteiger partial charge in [-0.25, -0.2) is 4.98 Å². The Morgan fingerprint density at radius 1 is 1.35 bits per heavy atom. The van der Waals surface area contributed by atoms with Gasteiger partial charge in [0, 0.05) is 0 Å². The van der Waals surface area contributed by atoms with Crippen LogP contribution in [0.1, 0.15) is 5.56 Å². The number of ether oxygens (including phenoxy) is 1. The summed E-state index contributed by atoms with van der Waals surface area (Å²) >= 11 is 0. The van der Waals surface area contributed by atoms with Crippen molar-refractivity contribution in [1.82, 2.24) is 4.98 Å². The Hall–Kier alpha value is -2.86. The Morgan fingerprint density at radius 2 is 2.13 bits per heavy atom. The molecule has 0 unspecified atom stereocenters. The second-order valence-electron chi connectivity index (χ2n) is 5.17. The molecule has 0 amide bonds. The molecule has 0 radical (unpaired) electrons. The predicted octanol–water partition coefficient (Wildman–Crippen LogP) is 2.46. The Bertz CT molecular complexity index is 857. The van der Waals surface area contributed by atoms with Gasteiger partial charge in [-0.3, -0.25) is 4.79 Å². The van der Waals surface area contributed by atoms with E-state index in [1.807, 2.05) is 24.3 Å². The van der Waals surface area contributed by atoms with Gasteiger partial charge in [0.25, 0.3) is 0 Å². The number of methoxy groups -OCH3 is 1. The largest absolute Gasteiger partial charge is 0.496 e. The number of carbonyl (C=O) groups is 1. The first kappa shape index (κ1) is 15.1. The zero-order valence-electron chi connectivity index (χ0n) is 12.5. The third-order valence-corrected chi connectivity index (χ3v) is 3.56. The second kappa shape index (κ2) is 6.10. The molecule has 1 atom stereocenters. The molecule has 2 aromatic carbocycles. The minimum Gasteiger partial charge on any atom is -0.496 e. The van der Waals surface area contributed by atoms with Crippen LogP contribution in [0.4, 0.5) is 0 Å². The quantitative estimate of drug-likeness (QED) is 0.751. The third-order valence-electron chi connectivity index (χ3n) is 3.56. The van der Waals surface area contributed by atoms with Gasteiger partial charge < -0.3 is 20.0 Å². The van der Waals surface area contributed by atoms with Gasteiger partial charge in [-0.05, 0) is 36.2 Å². The van der Waals surface area contributed by atoms with Gasteiger partial charge in [-0.15, -0.1) is 0 Å². The Balaban J connectivity index is 1.98. The lowest BCUT2D eigenvalue weighted by Gasteiger charge is -2.05.